The van der Waals surface area contributed by atoms with Crippen molar-refractivity contribution in [2.75, 3.05) is 23.8 Å². The lowest BCUT2D eigenvalue weighted by molar-refractivity contribution is -0.114. The van der Waals surface area contributed by atoms with Crippen molar-refractivity contribution in [1.82, 2.24) is 5.32 Å². The third-order valence-corrected chi connectivity index (χ3v) is 4.77. The molecular weight excluding hydrogens is 402 g/mol. The highest BCUT2D eigenvalue weighted by Crippen LogP contribution is 2.23. The molecule has 2 amide bonds. The fraction of sp³-hybridized carbons (Fsp3) is 0.154. The van der Waals surface area contributed by atoms with Crippen LogP contribution in [-0.4, -0.2) is 25.0 Å². The number of nitrogens with one attached hydrogen (secondary N) is 3. The van der Waals surface area contributed by atoms with Crippen molar-refractivity contribution in [3.63, 3.8) is 0 Å². The molecule has 3 rings (SSSR count). The zero-order valence-corrected chi connectivity index (χ0v) is 18.0. The molecule has 3 aromatic rings. The summed E-state index contributed by atoms with van der Waals surface area (Å²) in [5, 5.41) is 8.88. The van der Waals surface area contributed by atoms with Crippen LogP contribution in [0.4, 0.5) is 11.4 Å². The summed E-state index contributed by atoms with van der Waals surface area (Å²) in [6.45, 7) is 6.01. The maximum absolute atomic E-state index is 12.5. The molecule has 0 aliphatic rings. The van der Waals surface area contributed by atoms with Crippen LogP contribution >= 0.6 is 0 Å². The number of amides is 2. The number of rotatable bonds is 10. The Morgan fingerprint density at radius 1 is 0.969 bits per heavy atom. The third-order valence-electron chi connectivity index (χ3n) is 4.77. The van der Waals surface area contributed by atoms with Gasteiger partial charge in [-0.15, -0.1) is 0 Å². The topological polar surface area (TPSA) is 79.5 Å². The SMILES string of the molecule is C=CCOc1ccccc1NC(=O)CNc1ccc(C(=O)NC(C)c2ccccc2)cc1. The van der Waals surface area contributed by atoms with E-state index in [2.05, 4.69) is 22.5 Å². The summed E-state index contributed by atoms with van der Waals surface area (Å²) in [6, 6.07) is 23.9. The first-order chi connectivity index (χ1) is 15.6. The Morgan fingerprint density at radius 2 is 1.66 bits per heavy atom. The zero-order valence-electron chi connectivity index (χ0n) is 18.0. The van der Waals surface area contributed by atoms with E-state index >= 15 is 0 Å². The summed E-state index contributed by atoms with van der Waals surface area (Å²) in [5.74, 6) is 0.223. The van der Waals surface area contributed by atoms with Gasteiger partial charge in [-0.25, -0.2) is 0 Å². The number of anilines is 2. The predicted molar refractivity (Wildman–Crippen MR) is 128 cm³/mol. The van der Waals surface area contributed by atoms with Gasteiger partial charge < -0.3 is 20.7 Å². The minimum absolute atomic E-state index is 0.0758. The van der Waals surface area contributed by atoms with Crippen LogP contribution in [0.2, 0.25) is 0 Å². The van der Waals surface area contributed by atoms with Crippen LogP contribution in [0.5, 0.6) is 5.75 Å². The molecular formula is C26H27N3O3. The van der Waals surface area contributed by atoms with Crippen LogP contribution in [0.15, 0.2) is 91.5 Å². The number of carbonyl (C=O) groups is 2. The normalized spacial score (nSPS) is 11.2. The second-order valence-corrected chi connectivity index (χ2v) is 7.18. The molecule has 0 saturated heterocycles. The molecule has 1 atom stereocenters. The Morgan fingerprint density at radius 3 is 2.38 bits per heavy atom. The first-order valence-electron chi connectivity index (χ1n) is 10.4. The second kappa shape index (κ2) is 11.4. The summed E-state index contributed by atoms with van der Waals surface area (Å²) in [5.41, 5.74) is 2.93. The molecule has 0 aliphatic heterocycles. The second-order valence-electron chi connectivity index (χ2n) is 7.18. The smallest absolute Gasteiger partial charge is 0.251 e. The maximum atomic E-state index is 12.5. The van der Waals surface area contributed by atoms with Crippen molar-refractivity contribution in [1.29, 1.82) is 0 Å². The van der Waals surface area contributed by atoms with E-state index in [9.17, 15) is 9.59 Å². The van der Waals surface area contributed by atoms with Crippen LogP contribution in [-0.2, 0) is 4.79 Å². The number of carbonyl (C=O) groups excluding carboxylic acids is 2. The molecule has 6 nitrogen and oxygen atoms in total. The van der Waals surface area contributed by atoms with Crippen LogP contribution in [0, 0.1) is 0 Å². The van der Waals surface area contributed by atoms with Crippen LogP contribution in [0.25, 0.3) is 0 Å². The van der Waals surface area contributed by atoms with Crippen molar-refractivity contribution in [2.45, 2.75) is 13.0 Å². The summed E-state index contributed by atoms with van der Waals surface area (Å²) < 4.78 is 5.55. The van der Waals surface area contributed by atoms with E-state index in [1.165, 1.54) is 0 Å². The van der Waals surface area contributed by atoms with E-state index in [4.69, 9.17) is 4.74 Å². The molecule has 32 heavy (non-hydrogen) atoms. The zero-order chi connectivity index (χ0) is 22.8. The average molecular weight is 430 g/mol. The Labute approximate surface area is 188 Å². The molecule has 3 N–H and O–H groups in total. The lowest BCUT2D eigenvalue weighted by Gasteiger charge is -2.15. The van der Waals surface area contributed by atoms with E-state index < -0.39 is 0 Å². The fourth-order valence-corrected chi connectivity index (χ4v) is 3.07. The highest BCUT2D eigenvalue weighted by atomic mass is 16.5. The first kappa shape index (κ1) is 22.6. The lowest BCUT2D eigenvalue weighted by atomic mass is 10.1. The van der Waals surface area contributed by atoms with Gasteiger partial charge in [-0.2, -0.15) is 0 Å². The van der Waals surface area contributed by atoms with Gasteiger partial charge in [0.2, 0.25) is 5.91 Å². The van der Waals surface area contributed by atoms with E-state index in [0.29, 0.717) is 23.6 Å². The molecule has 164 valence electrons. The molecule has 0 saturated carbocycles. The van der Waals surface area contributed by atoms with Gasteiger partial charge in [0.1, 0.15) is 12.4 Å². The summed E-state index contributed by atoms with van der Waals surface area (Å²) in [7, 11) is 0. The number of hydrogen-bond acceptors (Lipinski definition) is 4. The Bertz CT molecular complexity index is 1050. The van der Waals surface area contributed by atoms with Crippen molar-refractivity contribution >= 4 is 23.2 Å². The molecule has 0 aliphatic carbocycles. The number of hydrogen-bond donors (Lipinski definition) is 3. The Balaban J connectivity index is 1.51. The number of para-hydroxylation sites is 2. The van der Waals surface area contributed by atoms with Gasteiger partial charge in [-0.1, -0.05) is 55.1 Å². The molecule has 3 aromatic carbocycles. The molecule has 0 aromatic heterocycles. The highest BCUT2D eigenvalue weighted by molar-refractivity contribution is 5.96. The van der Waals surface area contributed by atoms with Crippen molar-refractivity contribution in [2.24, 2.45) is 0 Å². The largest absolute Gasteiger partial charge is 0.487 e. The van der Waals surface area contributed by atoms with Crippen LogP contribution in [0.1, 0.15) is 28.9 Å². The quantitative estimate of drug-likeness (QED) is 0.405. The van der Waals surface area contributed by atoms with Crippen molar-refractivity contribution in [3.8, 4) is 5.75 Å². The number of ether oxygens (including phenoxy) is 1. The third kappa shape index (κ3) is 6.47. The molecule has 0 spiro atoms. The number of benzene rings is 3. The fourth-order valence-electron chi connectivity index (χ4n) is 3.07. The molecule has 0 radical (unpaired) electrons. The van der Waals surface area contributed by atoms with Gasteiger partial charge in [0.05, 0.1) is 18.3 Å². The van der Waals surface area contributed by atoms with Gasteiger partial charge in [0.15, 0.2) is 0 Å². The van der Waals surface area contributed by atoms with Crippen molar-refractivity contribution < 1.29 is 14.3 Å². The van der Waals surface area contributed by atoms with E-state index in [0.717, 1.165) is 11.3 Å². The maximum Gasteiger partial charge on any atom is 0.251 e. The molecule has 0 bridgehead atoms. The minimum atomic E-state index is -0.210. The Hall–Kier alpha value is -4.06. The van der Waals surface area contributed by atoms with Crippen molar-refractivity contribution in [3.05, 3.63) is 103 Å². The van der Waals surface area contributed by atoms with E-state index in [-0.39, 0.29) is 24.4 Å². The predicted octanol–water partition coefficient (Wildman–Crippen LogP) is 4.79. The van der Waals surface area contributed by atoms with Gasteiger partial charge in [0.25, 0.3) is 5.91 Å². The van der Waals surface area contributed by atoms with Gasteiger partial charge in [-0.05, 0) is 48.9 Å². The Kier molecular flexibility index (Phi) is 8.03. The van der Waals surface area contributed by atoms with Crippen LogP contribution in [0.3, 0.4) is 0 Å². The standard InChI is InChI=1S/C26H27N3O3/c1-3-17-32-24-12-8-7-11-23(24)29-25(30)18-27-22-15-13-21(14-16-22)26(31)28-19(2)20-9-5-4-6-10-20/h3-16,19,27H,1,17-18H2,2H3,(H,28,31)(H,29,30). The molecule has 6 heteroatoms. The summed E-state index contributed by atoms with van der Waals surface area (Å²) >= 11 is 0. The molecule has 0 heterocycles. The minimum Gasteiger partial charge on any atom is -0.487 e. The van der Waals surface area contributed by atoms with E-state index in [1.807, 2.05) is 49.4 Å². The van der Waals surface area contributed by atoms with Gasteiger partial charge in [-0.3, -0.25) is 9.59 Å². The summed E-state index contributed by atoms with van der Waals surface area (Å²) in [4.78, 5) is 24.8. The van der Waals surface area contributed by atoms with Gasteiger partial charge in [0, 0.05) is 11.3 Å². The average Bonchev–Trinajstić information content (AvgIpc) is 2.83. The van der Waals surface area contributed by atoms with Crippen LogP contribution < -0.4 is 20.7 Å². The highest BCUT2D eigenvalue weighted by Gasteiger charge is 2.12. The first-order valence-corrected chi connectivity index (χ1v) is 10.4. The monoisotopic (exact) mass is 429 g/mol. The van der Waals surface area contributed by atoms with Gasteiger partial charge >= 0.3 is 0 Å². The molecule has 1 unspecified atom stereocenters. The van der Waals surface area contributed by atoms with E-state index in [1.54, 1.807) is 42.5 Å². The summed E-state index contributed by atoms with van der Waals surface area (Å²) in [6.07, 6.45) is 1.65. The molecule has 0 fully saturated rings. The lowest BCUT2D eigenvalue weighted by Crippen LogP contribution is -2.26.